The highest BCUT2D eigenvalue weighted by Crippen LogP contribution is 2.62. The first-order chi connectivity index (χ1) is 17.9. The molecule has 0 radical (unpaired) electrons. The number of fused-ring (bicyclic) bond motifs is 1. The maximum atomic E-state index is 13.6. The molecule has 2 heterocycles. The second-order valence-electron chi connectivity index (χ2n) is 9.13. The van der Waals surface area contributed by atoms with Crippen LogP contribution in [0.2, 0.25) is 0 Å². The van der Waals surface area contributed by atoms with Crippen LogP contribution in [-0.2, 0) is 39.3 Å². The largest absolute Gasteiger partial charge is 0.510 e. The van der Waals surface area contributed by atoms with E-state index in [1.54, 1.807) is 32.3 Å². The molecular formula is C22H32N5O10P. The highest BCUT2D eigenvalue weighted by Gasteiger charge is 2.55. The predicted molar refractivity (Wildman–Crippen MR) is 134 cm³/mol. The Morgan fingerprint density at radius 3 is 2.61 bits per heavy atom. The molecule has 3 N–H and O–H groups in total. The van der Waals surface area contributed by atoms with Gasteiger partial charge in [-0.1, -0.05) is 6.58 Å². The normalized spacial score (nSPS) is 18.3. The van der Waals surface area contributed by atoms with Crippen LogP contribution in [0, 0.1) is 0 Å². The number of aromatic amines is 1. The van der Waals surface area contributed by atoms with Crippen LogP contribution in [0.15, 0.2) is 23.3 Å². The molecule has 3 rings (SSSR count). The number of hydrogen-bond donors (Lipinski definition) is 2. The van der Waals surface area contributed by atoms with Gasteiger partial charge in [-0.3, -0.25) is 18.9 Å². The zero-order valence-corrected chi connectivity index (χ0v) is 22.5. The number of aromatic nitrogens is 4. The molecule has 1 aliphatic rings. The van der Waals surface area contributed by atoms with Crippen LogP contribution in [0.3, 0.4) is 0 Å². The summed E-state index contributed by atoms with van der Waals surface area (Å²) in [4.78, 5) is 45.9. The predicted octanol–water partition coefficient (Wildman–Crippen LogP) is 2.75. The van der Waals surface area contributed by atoms with Crippen molar-refractivity contribution in [3.05, 3.63) is 28.8 Å². The van der Waals surface area contributed by atoms with Crippen molar-refractivity contribution < 1.29 is 42.4 Å². The van der Waals surface area contributed by atoms with Crippen LogP contribution >= 0.6 is 7.37 Å². The van der Waals surface area contributed by atoms with Gasteiger partial charge in [-0.15, -0.1) is 0 Å². The van der Waals surface area contributed by atoms with E-state index in [-0.39, 0.29) is 49.1 Å². The summed E-state index contributed by atoms with van der Waals surface area (Å²) in [5, 5.41) is 0. The van der Waals surface area contributed by atoms with Crippen LogP contribution in [0.25, 0.3) is 11.2 Å². The lowest BCUT2D eigenvalue weighted by Gasteiger charge is -2.19. The number of H-pyrrole nitrogens is 1. The Hall–Kier alpha value is -3.42. The van der Waals surface area contributed by atoms with Gasteiger partial charge in [0, 0.05) is 13.0 Å². The maximum Gasteiger partial charge on any atom is 0.510 e. The lowest BCUT2D eigenvalue weighted by Crippen LogP contribution is -2.18. The summed E-state index contributed by atoms with van der Waals surface area (Å²) in [5.41, 5.74) is 5.41. The minimum absolute atomic E-state index is 0.0322. The van der Waals surface area contributed by atoms with Gasteiger partial charge in [-0.25, -0.2) is 14.6 Å². The molecule has 0 saturated heterocycles. The van der Waals surface area contributed by atoms with Crippen molar-refractivity contribution in [2.45, 2.75) is 64.6 Å². The van der Waals surface area contributed by atoms with E-state index in [0.717, 1.165) is 0 Å². The summed E-state index contributed by atoms with van der Waals surface area (Å²) in [6, 6.07) is 0. The fourth-order valence-corrected chi connectivity index (χ4v) is 5.48. The van der Waals surface area contributed by atoms with E-state index >= 15 is 0 Å². The van der Waals surface area contributed by atoms with E-state index in [1.807, 2.05) is 0 Å². The molecule has 1 fully saturated rings. The molecule has 38 heavy (non-hydrogen) atoms. The third-order valence-corrected chi connectivity index (χ3v) is 7.67. The molecule has 0 amide bonds. The van der Waals surface area contributed by atoms with Crippen LogP contribution in [0.5, 0.6) is 0 Å². The summed E-state index contributed by atoms with van der Waals surface area (Å²) in [6.45, 7) is 10.1. The summed E-state index contributed by atoms with van der Waals surface area (Å²) in [5.74, 6) is -0.0535. The van der Waals surface area contributed by atoms with Gasteiger partial charge in [-0.05, 0) is 33.3 Å². The Morgan fingerprint density at radius 2 is 1.92 bits per heavy atom. The van der Waals surface area contributed by atoms with Crippen LogP contribution in [-0.4, -0.2) is 75.5 Å². The molecular weight excluding hydrogens is 525 g/mol. The average Bonchev–Trinajstić information content (AvgIpc) is 3.45. The molecule has 16 heteroatoms. The lowest BCUT2D eigenvalue weighted by atomic mass is 10.3. The summed E-state index contributed by atoms with van der Waals surface area (Å²) in [6.07, 6.45) is -2.04. The minimum atomic E-state index is -3.62. The quantitative estimate of drug-likeness (QED) is 0.158. The first kappa shape index (κ1) is 29.1. The Kier molecular flexibility index (Phi) is 9.52. The van der Waals surface area contributed by atoms with Gasteiger partial charge >= 0.3 is 12.3 Å². The van der Waals surface area contributed by atoms with Crippen molar-refractivity contribution in [1.82, 2.24) is 19.5 Å². The molecule has 1 aliphatic carbocycles. The molecule has 2 aromatic heterocycles. The summed E-state index contributed by atoms with van der Waals surface area (Å²) >= 11 is 0. The van der Waals surface area contributed by atoms with Crippen LogP contribution < -0.4 is 11.3 Å². The van der Waals surface area contributed by atoms with Gasteiger partial charge in [0.15, 0.2) is 11.2 Å². The van der Waals surface area contributed by atoms with Crippen molar-refractivity contribution in [2.75, 3.05) is 25.5 Å². The number of imidazole rings is 1. The zero-order chi connectivity index (χ0) is 28.0. The molecule has 0 spiro atoms. The maximum absolute atomic E-state index is 13.6. The Morgan fingerprint density at radius 1 is 1.24 bits per heavy atom. The molecule has 2 aromatic rings. The van der Waals surface area contributed by atoms with Gasteiger partial charge in [0.1, 0.15) is 12.5 Å². The molecule has 210 valence electrons. The van der Waals surface area contributed by atoms with Crippen molar-refractivity contribution >= 4 is 36.8 Å². The Balaban J connectivity index is 1.58. The number of hydrogen-bond acceptors (Lipinski definition) is 13. The minimum Gasteiger partial charge on any atom is -0.432 e. The molecule has 0 aromatic carbocycles. The van der Waals surface area contributed by atoms with E-state index in [1.165, 1.54) is 6.33 Å². The molecule has 1 saturated carbocycles. The zero-order valence-electron chi connectivity index (χ0n) is 21.6. The third-order valence-electron chi connectivity index (χ3n) is 5.03. The topological polar surface area (TPSA) is 196 Å². The number of anilines is 1. The number of nitrogens with zero attached hydrogens (tertiary/aromatic N) is 3. The van der Waals surface area contributed by atoms with E-state index in [0.29, 0.717) is 5.57 Å². The fraction of sp³-hybridized carbons (Fsp3) is 0.591. The van der Waals surface area contributed by atoms with Crippen molar-refractivity contribution in [3.63, 3.8) is 0 Å². The monoisotopic (exact) mass is 557 g/mol. The van der Waals surface area contributed by atoms with E-state index in [2.05, 4.69) is 21.5 Å². The molecule has 0 bridgehead atoms. The standard InChI is InChI=1S/C22H32N5O10P/c1-12(2)35-21(29)33-10-34-38(31,16-6-15(16)37-22(30)36-13(3)4)11-32-8-14(5)7-27-9-24-17-18(27)25-20(23)26-19(17)28/h9,12-13,15-16H,5-8,10-11H2,1-4H3,(H3,23,25,26,28). The second kappa shape index (κ2) is 12.4. The Bertz CT molecular complexity index is 1270. The van der Waals surface area contributed by atoms with Crippen molar-refractivity contribution in [3.8, 4) is 0 Å². The molecule has 3 atom stereocenters. The number of ether oxygens (including phenoxy) is 5. The second-order valence-corrected chi connectivity index (χ2v) is 11.8. The molecule has 15 nitrogen and oxygen atoms in total. The van der Waals surface area contributed by atoms with E-state index < -0.39 is 49.9 Å². The fourth-order valence-electron chi connectivity index (χ4n) is 3.35. The number of carbonyl (C=O) groups is 2. The van der Waals surface area contributed by atoms with Gasteiger partial charge in [0.25, 0.3) is 5.56 Å². The van der Waals surface area contributed by atoms with Crippen molar-refractivity contribution in [2.24, 2.45) is 0 Å². The first-order valence-electron chi connectivity index (χ1n) is 11.8. The lowest BCUT2D eigenvalue weighted by molar-refractivity contribution is -0.00907. The number of nitrogens with one attached hydrogen (secondary N) is 1. The third kappa shape index (κ3) is 8.04. The van der Waals surface area contributed by atoms with E-state index in [4.69, 9.17) is 33.9 Å². The molecule has 3 unspecified atom stereocenters. The van der Waals surface area contributed by atoms with Crippen LogP contribution in [0.1, 0.15) is 34.1 Å². The summed E-state index contributed by atoms with van der Waals surface area (Å²) in [7, 11) is -3.62. The number of rotatable bonds is 13. The smallest absolute Gasteiger partial charge is 0.432 e. The number of nitrogens with two attached hydrogens (primary N) is 1. The average molecular weight is 557 g/mol. The first-order valence-corrected chi connectivity index (χ1v) is 13.6. The highest BCUT2D eigenvalue weighted by atomic mass is 31.2. The van der Waals surface area contributed by atoms with Gasteiger partial charge in [0.2, 0.25) is 20.1 Å². The Labute approximate surface area is 218 Å². The van der Waals surface area contributed by atoms with Gasteiger partial charge < -0.3 is 34.0 Å². The number of carbonyl (C=O) groups excluding carboxylic acids is 2. The van der Waals surface area contributed by atoms with Gasteiger partial charge in [0.05, 0.1) is 30.8 Å². The summed E-state index contributed by atoms with van der Waals surface area (Å²) < 4.78 is 46.1. The van der Waals surface area contributed by atoms with E-state index in [9.17, 15) is 18.9 Å². The number of nitrogen functional groups attached to an aromatic ring is 1. The van der Waals surface area contributed by atoms with Crippen LogP contribution in [0.4, 0.5) is 15.5 Å². The van der Waals surface area contributed by atoms with Gasteiger partial charge in [-0.2, -0.15) is 4.98 Å². The molecule has 0 aliphatic heterocycles. The van der Waals surface area contributed by atoms with Crippen molar-refractivity contribution in [1.29, 1.82) is 0 Å². The SMILES string of the molecule is C=C(COCP(=O)(OCOC(=O)OC(C)C)C1CC1OC(=O)OC(C)C)Cn1cnc2c(=O)[nH]c(N)nc21. The highest BCUT2D eigenvalue weighted by molar-refractivity contribution is 7.60.